The monoisotopic (exact) mass is 561 g/mol. The molecule has 6 nitrogen and oxygen atoms in total. The van der Waals surface area contributed by atoms with Gasteiger partial charge in [-0.05, 0) is 91.8 Å². The molecule has 1 aliphatic rings. The topological polar surface area (TPSA) is 87.7 Å². The largest absolute Gasteiger partial charge is 1.00 e. The number of carbonyl (C=O) groups is 2. The van der Waals surface area contributed by atoms with Gasteiger partial charge in [0.1, 0.15) is 0 Å². The van der Waals surface area contributed by atoms with Crippen LogP contribution in [0.15, 0.2) is 42.5 Å². The van der Waals surface area contributed by atoms with Crippen molar-refractivity contribution in [1.29, 1.82) is 0 Å². The number of rotatable bonds is 15. The molecule has 1 saturated carbocycles. The van der Waals surface area contributed by atoms with Crippen LogP contribution in [0.1, 0.15) is 80.3 Å². The number of amides is 1. The zero-order valence-electron chi connectivity index (χ0n) is 24.9. The molecule has 2 aromatic rings. The molecule has 1 aliphatic carbocycles. The Morgan fingerprint density at radius 1 is 1.07 bits per heavy atom. The van der Waals surface area contributed by atoms with E-state index >= 15 is 0 Å². The van der Waals surface area contributed by atoms with Crippen molar-refractivity contribution in [2.24, 2.45) is 5.92 Å². The maximum atomic E-state index is 13.3. The number of nitrogens with one attached hydrogen (secondary N) is 1. The molecule has 40 heavy (non-hydrogen) atoms. The number of hydrogen-bond acceptors (Lipinski definition) is 6. The van der Waals surface area contributed by atoms with Crippen LogP contribution in [0.4, 0.5) is 0 Å². The van der Waals surface area contributed by atoms with Crippen molar-refractivity contribution in [3.63, 3.8) is 0 Å². The molecule has 1 fully saturated rings. The minimum Gasteiger partial charge on any atom is -0.548 e. The van der Waals surface area contributed by atoms with E-state index < -0.39 is 17.9 Å². The number of ether oxygens (including phenoxy) is 2. The van der Waals surface area contributed by atoms with Crippen molar-refractivity contribution >= 4 is 23.6 Å². The van der Waals surface area contributed by atoms with Gasteiger partial charge in [0.25, 0.3) is 5.91 Å². The summed E-state index contributed by atoms with van der Waals surface area (Å²) >= 11 is 1.53. The Morgan fingerprint density at radius 3 is 2.45 bits per heavy atom. The summed E-state index contributed by atoms with van der Waals surface area (Å²) in [6.07, 6.45) is 9.40. The first-order chi connectivity index (χ1) is 18.8. The number of carbonyl (C=O) groups excluding carboxylic acids is 2. The van der Waals surface area contributed by atoms with Gasteiger partial charge < -0.3 is 24.7 Å². The summed E-state index contributed by atoms with van der Waals surface area (Å²) in [7, 11) is 0. The first-order valence-electron chi connectivity index (χ1n) is 14.3. The molecule has 1 N–H and O–H groups in total. The molecule has 0 spiro atoms. The Kier molecular flexibility index (Phi) is 15.4. The molecule has 0 radical (unpaired) electrons. The van der Waals surface area contributed by atoms with Crippen molar-refractivity contribution in [3.05, 3.63) is 59.2 Å². The molecule has 3 atom stereocenters. The van der Waals surface area contributed by atoms with Gasteiger partial charge >= 0.3 is 18.9 Å². The Labute approximate surface area is 256 Å². The van der Waals surface area contributed by atoms with Gasteiger partial charge in [0.05, 0.1) is 30.8 Å². The summed E-state index contributed by atoms with van der Waals surface area (Å²) in [5.41, 5.74) is 4.10. The molecule has 8 heteroatoms. The molecule has 0 aromatic heterocycles. The third-order valence-electron chi connectivity index (χ3n) is 7.57. The summed E-state index contributed by atoms with van der Waals surface area (Å²) in [5, 5.41) is 14.3. The fourth-order valence-corrected chi connectivity index (χ4v) is 5.86. The van der Waals surface area contributed by atoms with Crippen LogP contribution in [0.3, 0.4) is 0 Å². The summed E-state index contributed by atoms with van der Waals surface area (Å²) in [6, 6.07) is 12.5. The van der Waals surface area contributed by atoms with Crippen LogP contribution < -0.4 is 29.3 Å². The van der Waals surface area contributed by atoms with Crippen LogP contribution in [-0.2, 0) is 20.9 Å². The van der Waals surface area contributed by atoms with Gasteiger partial charge in [0.15, 0.2) is 0 Å². The van der Waals surface area contributed by atoms with Crippen molar-refractivity contribution in [2.45, 2.75) is 90.6 Å². The minimum absolute atomic E-state index is 0. The first-order valence-corrected chi connectivity index (χ1v) is 15.7. The predicted molar refractivity (Wildman–Crippen MR) is 157 cm³/mol. The number of thioether (sulfide) groups is 1. The molecule has 2 unspecified atom stereocenters. The molecular formula is C32H44LiNO5S. The average Bonchev–Trinajstić information content (AvgIpc) is 2.94. The number of hydrogen-bond donors (Lipinski definition) is 1. The van der Waals surface area contributed by atoms with E-state index in [2.05, 4.69) is 19.2 Å². The van der Waals surface area contributed by atoms with E-state index in [4.69, 9.17) is 9.47 Å². The van der Waals surface area contributed by atoms with Gasteiger partial charge in [-0.25, -0.2) is 0 Å². The predicted octanol–water partition coefficient (Wildman–Crippen LogP) is 2.55. The van der Waals surface area contributed by atoms with E-state index in [1.807, 2.05) is 49.6 Å². The minimum atomic E-state index is -1.27. The second kappa shape index (κ2) is 17.9. The van der Waals surface area contributed by atoms with Crippen LogP contribution in [-0.4, -0.2) is 48.7 Å². The number of aryl methyl sites for hydroxylation is 1. The molecule has 1 amide bonds. The van der Waals surface area contributed by atoms with Gasteiger partial charge in [0.2, 0.25) is 0 Å². The zero-order chi connectivity index (χ0) is 28.2. The molecule has 0 saturated heterocycles. The molecule has 0 heterocycles. The van der Waals surface area contributed by atoms with E-state index in [1.54, 1.807) is 6.07 Å². The van der Waals surface area contributed by atoms with Gasteiger partial charge in [0, 0.05) is 12.2 Å². The third kappa shape index (κ3) is 9.96. The van der Waals surface area contributed by atoms with Crippen molar-refractivity contribution in [3.8, 4) is 11.1 Å². The van der Waals surface area contributed by atoms with Gasteiger partial charge in [-0.3, -0.25) is 4.79 Å². The van der Waals surface area contributed by atoms with E-state index in [0.29, 0.717) is 30.3 Å². The standard InChI is InChI=1S/C32H45NO5S.Li/c1-5-18-37-30(25-12-7-6-8-13-25)23(3)38-21-24-15-16-27(28(20-24)26-14-10-9-11-22(26)2)31(34)33-29(32(35)36)17-19-39-4;/h9-11,14-16,20,23,25,29-30H,5-8,12-13,17-19,21H2,1-4H3,(H,33,34)(H,35,36);/q;+1/p-1/t23?,29-,30?;/m0./s1. The SMILES string of the molecule is CCCOC(C1CCCCC1)C(C)OCc1ccc(C(=O)N[C@@H](CCSC)C(=O)[O-])c(-c2ccccc2C)c1.[Li+]. The number of carboxylic acid groups (broad SMARTS) is 1. The van der Waals surface area contributed by atoms with Crippen LogP contribution in [0.5, 0.6) is 0 Å². The average molecular weight is 562 g/mol. The van der Waals surface area contributed by atoms with E-state index in [0.717, 1.165) is 35.3 Å². The molecular weight excluding hydrogens is 517 g/mol. The van der Waals surface area contributed by atoms with Crippen molar-refractivity contribution in [2.75, 3.05) is 18.6 Å². The second-order valence-electron chi connectivity index (χ2n) is 10.6. The Hall–Kier alpha value is -1.75. The number of aliphatic carboxylic acids is 1. The third-order valence-corrected chi connectivity index (χ3v) is 8.21. The van der Waals surface area contributed by atoms with E-state index in [-0.39, 0.29) is 31.1 Å². The normalized spacial score (nSPS) is 16.0. The fourth-order valence-electron chi connectivity index (χ4n) is 5.39. The maximum absolute atomic E-state index is 13.3. The molecule has 2 aromatic carbocycles. The van der Waals surface area contributed by atoms with Crippen LogP contribution in [0, 0.1) is 12.8 Å². The summed E-state index contributed by atoms with van der Waals surface area (Å²) in [5.74, 6) is -0.556. The maximum Gasteiger partial charge on any atom is 1.00 e. The number of carboxylic acids is 1. The van der Waals surface area contributed by atoms with E-state index in [9.17, 15) is 14.7 Å². The number of benzene rings is 2. The Balaban J connectivity index is 0.00000560. The van der Waals surface area contributed by atoms with Crippen LogP contribution in [0.25, 0.3) is 11.1 Å². The Morgan fingerprint density at radius 2 is 1.80 bits per heavy atom. The van der Waals surface area contributed by atoms with Gasteiger partial charge in [-0.2, -0.15) is 11.8 Å². The van der Waals surface area contributed by atoms with Crippen LogP contribution >= 0.6 is 11.8 Å². The molecule has 214 valence electrons. The van der Waals surface area contributed by atoms with Crippen molar-refractivity contribution in [1.82, 2.24) is 5.32 Å². The second-order valence-corrected chi connectivity index (χ2v) is 11.6. The first kappa shape index (κ1) is 34.4. The summed E-state index contributed by atoms with van der Waals surface area (Å²) < 4.78 is 12.7. The van der Waals surface area contributed by atoms with E-state index in [1.165, 1.54) is 43.9 Å². The summed E-state index contributed by atoms with van der Waals surface area (Å²) in [6.45, 7) is 7.38. The van der Waals surface area contributed by atoms with Crippen LogP contribution in [0.2, 0.25) is 0 Å². The van der Waals surface area contributed by atoms with Crippen molar-refractivity contribution < 1.29 is 43.0 Å². The van der Waals surface area contributed by atoms with Gasteiger partial charge in [-0.1, -0.05) is 56.5 Å². The zero-order valence-corrected chi connectivity index (χ0v) is 25.7. The quantitative estimate of drug-likeness (QED) is 0.337. The molecule has 0 bridgehead atoms. The molecule has 3 rings (SSSR count). The Bertz CT molecular complexity index is 1080. The van der Waals surface area contributed by atoms with Gasteiger partial charge in [-0.15, -0.1) is 0 Å². The summed E-state index contributed by atoms with van der Waals surface area (Å²) in [4.78, 5) is 25.0. The smallest absolute Gasteiger partial charge is 0.548 e. The fraction of sp³-hybridized carbons (Fsp3) is 0.562. The molecule has 0 aliphatic heterocycles.